The van der Waals surface area contributed by atoms with Crippen LogP contribution in [-0.4, -0.2) is 17.6 Å². The van der Waals surface area contributed by atoms with Gasteiger partial charge in [0.15, 0.2) is 0 Å². The number of aryl methyl sites for hydroxylation is 1. The van der Waals surface area contributed by atoms with Gasteiger partial charge < -0.3 is 0 Å². The standard InChI is InChI=1S/C12H12ClFN3O/c1-15-5-6-17(8-15)12(18)16(2)11-4-3-9(13)7-10(11)14/h3-8H,1-2H3/q+1. The van der Waals surface area contributed by atoms with E-state index in [1.807, 2.05) is 0 Å². The predicted octanol–water partition coefficient (Wildman–Crippen LogP) is 2.21. The third-order valence-electron chi connectivity index (χ3n) is 2.55. The van der Waals surface area contributed by atoms with Crippen molar-refractivity contribution in [1.82, 2.24) is 4.57 Å². The second-order valence-corrected chi connectivity index (χ2v) is 4.36. The number of carbonyl (C=O) groups is 1. The van der Waals surface area contributed by atoms with Crippen LogP contribution in [-0.2, 0) is 7.05 Å². The number of aromatic nitrogens is 2. The first kappa shape index (κ1) is 12.6. The molecule has 0 bridgehead atoms. The van der Waals surface area contributed by atoms with Gasteiger partial charge in [-0.3, -0.25) is 4.90 Å². The van der Waals surface area contributed by atoms with Crippen LogP contribution in [0.1, 0.15) is 0 Å². The van der Waals surface area contributed by atoms with E-state index in [1.165, 1.54) is 28.6 Å². The SMILES string of the molecule is CN(C(=O)n1cc[n+](C)c1)c1ccc(Cl)cc1F. The van der Waals surface area contributed by atoms with E-state index >= 15 is 0 Å². The smallest absolute Gasteiger partial charge is 0.274 e. The molecule has 6 heteroatoms. The first-order chi connectivity index (χ1) is 8.49. The summed E-state index contributed by atoms with van der Waals surface area (Å²) in [5.74, 6) is -0.533. The van der Waals surface area contributed by atoms with Crippen LogP contribution in [0.15, 0.2) is 36.9 Å². The summed E-state index contributed by atoms with van der Waals surface area (Å²) in [7, 11) is 3.31. The fraction of sp³-hybridized carbons (Fsp3) is 0.167. The molecule has 1 heterocycles. The summed E-state index contributed by atoms with van der Waals surface area (Å²) in [5.41, 5.74) is 0.181. The molecular formula is C12H12ClFN3O+. The second-order valence-electron chi connectivity index (χ2n) is 3.92. The fourth-order valence-corrected chi connectivity index (χ4v) is 1.75. The van der Waals surface area contributed by atoms with Gasteiger partial charge in [0.25, 0.3) is 6.33 Å². The molecule has 2 aromatic rings. The summed E-state index contributed by atoms with van der Waals surface area (Å²) in [6.45, 7) is 0. The lowest BCUT2D eigenvalue weighted by molar-refractivity contribution is -0.670. The molecule has 0 saturated heterocycles. The number of amides is 1. The molecular weight excluding hydrogens is 257 g/mol. The van der Waals surface area contributed by atoms with Crippen LogP contribution in [0.2, 0.25) is 5.02 Å². The molecule has 0 aliphatic heterocycles. The minimum atomic E-state index is -0.533. The van der Waals surface area contributed by atoms with Gasteiger partial charge in [-0.15, -0.1) is 0 Å². The van der Waals surface area contributed by atoms with Crippen LogP contribution in [0.5, 0.6) is 0 Å². The van der Waals surface area contributed by atoms with Crippen molar-refractivity contribution in [2.24, 2.45) is 7.05 Å². The highest BCUT2D eigenvalue weighted by Gasteiger charge is 2.21. The molecule has 18 heavy (non-hydrogen) atoms. The van der Waals surface area contributed by atoms with Gasteiger partial charge in [-0.1, -0.05) is 11.6 Å². The Labute approximate surface area is 109 Å². The van der Waals surface area contributed by atoms with Gasteiger partial charge in [-0.2, -0.15) is 4.57 Å². The maximum absolute atomic E-state index is 13.7. The van der Waals surface area contributed by atoms with Gasteiger partial charge in [-0.05, 0) is 18.2 Å². The van der Waals surface area contributed by atoms with Crippen molar-refractivity contribution in [2.75, 3.05) is 11.9 Å². The largest absolute Gasteiger partial charge is 0.420 e. The van der Waals surface area contributed by atoms with Gasteiger partial charge in [0.05, 0.1) is 12.7 Å². The average molecular weight is 269 g/mol. The third-order valence-corrected chi connectivity index (χ3v) is 2.78. The Morgan fingerprint density at radius 3 is 2.78 bits per heavy atom. The van der Waals surface area contributed by atoms with Gasteiger partial charge >= 0.3 is 6.03 Å². The number of benzene rings is 1. The van der Waals surface area contributed by atoms with Crippen molar-refractivity contribution < 1.29 is 13.8 Å². The highest BCUT2D eigenvalue weighted by atomic mass is 35.5. The van der Waals surface area contributed by atoms with Gasteiger partial charge in [0.1, 0.15) is 18.2 Å². The first-order valence-electron chi connectivity index (χ1n) is 5.25. The van der Waals surface area contributed by atoms with E-state index in [4.69, 9.17) is 11.6 Å². The summed E-state index contributed by atoms with van der Waals surface area (Å²) in [4.78, 5) is 13.3. The molecule has 0 atom stereocenters. The molecule has 0 aliphatic rings. The molecule has 94 valence electrons. The van der Waals surface area contributed by atoms with Crippen molar-refractivity contribution in [3.8, 4) is 0 Å². The highest BCUT2D eigenvalue weighted by Crippen LogP contribution is 2.22. The summed E-state index contributed by atoms with van der Waals surface area (Å²) in [6, 6.07) is 3.84. The number of imidazole rings is 1. The monoisotopic (exact) mass is 268 g/mol. The summed E-state index contributed by atoms with van der Waals surface area (Å²) >= 11 is 5.67. The lowest BCUT2D eigenvalue weighted by Crippen LogP contribution is -2.32. The molecule has 0 aliphatic carbocycles. The first-order valence-corrected chi connectivity index (χ1v) is 5.63. The molecule has 0 N–H and O–H groups in total. The predicted molar refractivity (Wildman–Crippen MR) is 66.2 cm³/mol. The zero-order valence-corrected chi connectivity index (χ0v) is 10.7. The second kappa shape index (κ2) is 4.78. The maximum atomic E-state index is 13.7. The minimum Gasteiger partial charge on any atom is -0.274 e. The number of nitrogens with zero attached hydrogens (tertiary/aromatic N) is 3. The zero-order chi connectivity index (χ0) is 13.3. The molecule has 0 spiro atoms. The van der Waals surface area contributed by atoms with Gasteiger partial charge in [0, 0.05) is 12.1 Å². The maximum Gasteiger partial charge on any atom is 0.420 e. The molecule has 0 radical (unpaired) electrons. The van der Waals surface area contributed by atoms with E-state index in [9.17, 15) is 9.18 Å². The van der Waals surface area contributed by atoms with E-state index in [-0.39, 0.29) is 11.7 Å². The lowest BCUT2D eigenvalue weighted by atomic mass is 10.3. The Hall–Kier alpha value is -1.88. The van der Waals surface area contributed by atoms with Crippen LogP contribution < -0.4 is 9.47 Å². The van der Waals surface area contributed by atoms with Crippen molar-refractivity contribution in [3.05, 3.63) is 47.8 Å². The molecule has 4 nitrogen and oxygen atoms in total. The Morgan fingerprint density at radius 2 is 2.22 bits per heavy atom. The fourth-order valence-electron chi connectivity index (χ4n) is 1.59. The summed E-state index contributed by atoms with van der Waals surface area (Å²) in [5, 5.41) is 0.296. The zero-order valence-electron chi connectivity index (χ0n) is 9.97. The van der Waals surface area contributed by atoms with Crippen LogP contribution in [0.25, 0.3) is 0 Å². The number of carbonyl (C=O) groups excluding carboxylic acids is 1. The number of hydrogen-bond donors (Lipinski definition) is 0. The average Bonchev–Trinajstić information content (AvgIpc) is 2.74. The van der Waals surface area contributed by atoms with Crippen LogP contribution in [0.3, 0.4) is 0 Å². The van der Waals surface area contributed by atoms with Crippen molar-refractivity contribution in [2.45, 2.75) is 0 Å². The van der Waals surface area contributed by atoms with Crippen molar-refractivity contribution >= 4 is 23.3 Å². The van der Waals surface area contributed by atoms with E-state index in [0.717, 1.165) is 0 Å². The Balaban J connectivity index is 2.31. The van der Waals surface area contributed by atoms with Crippen LogP contribution in [0.4, 0.5) is 14.9 Å². The molecule has 1 aromatic heterocycles. The molecule has 0 unspecified atom stereocenters. The van der Waals surface area contributed by atoms with Gasteiger partial charge in [0.2, 0.25) is 0 Å². The number of rotatable bonds is 1. The van der Waals surface area contributed by atoms with Crippen LogP contribution >= 0.6 is 11.6 Å². The number of anilines is 1. The molecule has 1 aromatic carbocycles. The number of halogens is 2. The van der Waals surface area contributed by atoms with Crippen molar-refractivity contribution in [3.63, 3.8) is 0 Å². The van der Waals surface area contributed by atoms with E-state index in [1.54, 1.807) is 36.4 Å². The summed E-state index contributed by atoms with van der Waals surface area (Å²) < 4.78 is 16.8. The Morgan fingerprint density at radius 1 is 1.50 bits per heavy atom. The van der Waals surface area contributed by atoms with Crippen molar-refractivity contribution in [1.29, 1.82) is 0 Å². The van der Waals surface area contributed by atoms with Crippen LogP contribution in [0, 0.1) is 5.82 Å². The Kier molecular flexibility index (Phi) is 3.34. The molecule has 2 rings (SSSR count). The Bertz CT molecular complexity index is 597. The lowest BCUT2D eigenvalue weighted by Gasteiger charge is -2.14. The van der Waals surface area contributed by atoms with E-state index in [2.05, 4.69) is 0 Å². The van der Waals surface area contributed by atoms with E-state index < -0.39 is 5.82 Å². The quantitative estimate of drug-likeness (QED) is 0.729. The van der Waals surface area contributed by atoms with Gasteiger partial charge in [-0.25, -0.2) is 13.8 Å². The number of hydrogen-bond acceptors (Lipinski definition) is 1. The molecule has 0 fully saturated rings. The minimum absolute atomic E-state index is 0.181. The molecule has 1 amide bonds. The normalized spacial score (nSPS) is 10.4. The van der Waals surface area contributed by atoms with E-state index in [0.29, 0.717) is 5.02 Å². The third kappa shape index (κ3) is 2.36. The summed E-state index contributed by atoms with van der Waals surface area (Å²) in [6.07, 6.45) is 4.93. The highest BCUT2D eigenvalue weighted by molar-refractivity contribution is 6.30. The topological polar surface area (TPSA) is 29.1 Å². The molecule has 0 saturated carbocycles.